The Kier molecular flexibility index (Phi) is 4.30. The van der Waals surface area contributed by atoms with Gasteiger partial charge in [-0.1, -0.05) is 11.6 Å². The molecule has 0 unspecified atom stereocenters. The number of nitrogen functional groups attached to an aromatic ring is 1. The highest BCUT2D eigenvalue weighted by molar-refractivity contribution is 6.35. The molecular formula is C13H17ClFN5O2. The predicted molar refractivity (Wildman–Crippen MR) is 79.5 cm³/mol. The largest absolute Gasteiger partial charge is 0.382 e. The zero-order valence-electron chi connectivity index (χ0n) is 11.9. The summed E-state index contributed by atoms with van der Waals surface area (Å²) in [6.45, 7) is 2.09. The lowest BCUT2D eigenvalue weighted by molar-refractivity contribution is -0.136. The third-order valence-corrected chi connectivity index (χ3v) is 4.29. The highest BCUT2D eigenvalue weighted by Gasteiger charge is 2.41. The first-order chi connectivity index (χ1) is 10.6. The molecule has 2 fully saturated rings. The number of alkyl halides is 1. The van der Waals surface area contributed by atoms with Crippen molar-refractivity contribution in [3.05, 3.63) is 11.3 Å². The Balaban J connectivity index is 1.85. The summed E-state index contributed by atoms with van der Waals surface area (Å²) in [7, 11) is 0. The second kappa shape index (κ2) is 6.21. The maximum absolute atomic E-state index is 13.9. The number of hydrogen-bond acceptors (Lipinski definition) is 6. The molecule has 22 heavy (non-hydrogen) atoms. The number of halogens is 2. The number of rotatable bonds is 2. The molecule has 7 nitrogen and oxygen atoms in total. The first-order valence-corrected chi connectivity index (χ1v) is 7.49. The zero-order chi connectivity index (χ0) is 15.7. The number of nitrogens with zero attached hydrogens (tertiary/aromatic N) is 4. The van der Waals surface area contributed by atoms with Crippen molar-refractivity contribution in [3.63, 3.8) is 0 Å². The minimum Gasteiger partial charge on any atom is -0.382 e. The first kappa shape index (κ1) is 15.2. The molecule has 1 aromatic heterocycles. The van der Waals surface area contributed by atoms with Crippen LogP contribution in [0.5, 0.6) is 0 Å². The third kappa shape index (κ3) is 2.80. The molecule has 1 aromatic rings. The van der Waals surface area contributed by atoms with Gasteiger partial charge in [0.25, 0.3) is 0 Å². The average molecular weight is 330 g/mol. The molecule has 0 aromatic carbocycles. The van der Waals surface area contributed by atoms with Gasteiger partial charge in [0.2, 0.25) is 5.91 Å². The molecule has 0 radical (unpaired) electrons. The van der Waals surface area contributed by atoms with Crippen LogP contribution in [0.1, 0.15) is 6.42 Å². The molecule has 2 saturated heterocycles. The third-order valence-electron chi connectivity index (χ3n) is 3.93. The summed E-state index contributed by atoms with van der Waals surface area (Å²) in [5.74, 6) is 0.296. The lowest BCUT2D eigenvalue weighted by atomic mass is 10.1. The minimum absolute atomic E-state index is 0.0664. The summed E-state index contributed by atoms with van der Waals surface area (Å²) >= 11 is 6.12. The quantitative estimate of drug-likeness (QED) is 0.850. The van der Waals surface area contributed by atoms with Gasteiger partial charge in [-0.15, -0.1) is 0 Å². The van der Waals surface area contributed by atoms with Crippen LogP contribution in [0.4, 0.5) is 16.0 Å². The number of carbonyl (C=O) groups excluding carboxylic acids is 1. The lowest BCUT2D eigenvalue weighted by Gasteiger charge is -2.33. The Morgan fingerprint density at radius 3 is 2.86 bits per heavy atom. The van der Waals surface area contributed by atoms with Gasteiger partial charge in [-0.2, -0.15) is 0 Å². The van der Waals surface area contributed by atoms with E-state index in [0.717, 1.165) is 0 Å². The van der Waals surface area contributed by atoms with E-state index < -0.39 is 12.2 Å². The normalized spacial score (nSPS) is 25.5. The molecule has 3 rings (SSSR count). The monoisotopic (exact) mass is 329 g/mol. The number of aromatic nitrogens is 2. The molecule has 0 aliphatic carbocycles. The number of nitrogens with two attached hydrogens (primary N) is 1. The van der Waals surface area contributed by atoms with Gasteiger partial charge in [0.15, 0.2) is 5.82 Å². The Bertz CT molecular complexity index is 569. The summed E-state index contributed by atoms with van der Waals surface area (Å²) in [4.78, 5) is 23.8. The fourth-order valence-electron chi connectivity index (χ4n) is 2.82. The molecule has 2 aliphatic heterocycles. The SMILES string of the molecule is Nc1ncnc(N2C[C@H](F)C[C@H]2C(=O)N2CCOCC2)c1Cl. The number of amides is 1. The molecule has 2 atom stereocenters. The van der Waals surface area contributed by atoms with Gasteiger partial charge in [-0.3, -0.25) is 4.79 Å². The zero-order valence-corrected chi connectivity index (χ0v) is 12.7. The number of carbonyl (C=O) groups is 1. The predicted octanol–water partition coefficient (Wildman–Crippen LogP) is 0.488. The van der Waals surface area contributed by atoms with Gasteiger partial charge in [0.05, 0.1) is 19.8 Å². The maximum Gasteiger partial charge on any atom is 0.245 e. The second-order valence-corrected chi connectivity index (χ2v) is 5.71. The first-order valence-electron chi connectivity index (χ1n) is 7.11. The Morgan fingerprint density at radius 1 is 1.41 bits per heavy atom. The molecule has 0 bridgehead atoms. The molecule has 2 N–H and O–H groups in total. The average Bonchev–Trinajstić information content (AvgIpc) is 2.92. The van der Waals surface area contributed by atoms with Crippen molar-refractivity contribution < 1.29 is 13.9 Å². The van der Waals surface area contributed by atoms with Crippen LogP contribution >= 0.6 is 11.6 Å². The van der Waals surface area contributed by atoms with Gasteiger partial charge in [0.1, 0.15) is 29.4 Å². The van der Waals surface area contributed by atoms with Crippen LogP contribution in [0.2, 0.25) is 5.02 Å². The number of hydrogen-bond donors (Lipinski definition) is 1. The van der Waals surface area contributed by atoms with Crippen LogP contribution in [0.3, 0.4) is 0 Å². The van der Waals surface area contributed by atoms with E-state index in [2.05, 4.69) is 9.97 Å². The van der Waals surface area contributed by atoms with E-state index in [1.807, 2.05) is 0 Å². The highest BCUT2D eigenvalue weighted by Crippen LogP contribution is 2.33. The molecule has 1 amide bonds. The summed E-state index contributed by atoms with van der Waals surface area (Å²) < 4.78 is 19.2. The Hall–Kier alpha value is -1.67. The van der Waals surface area contributed by atoms with E-state index in [0.29, 0.717) is 32.1 Å². The van der Waals surface area contributed by atoms with Gasteiger partial charge < -0.3 is 20.3 Å². The molecule has 9 heteroatoms. The maximum atomic E-state index is 13.9. The summed E-state index contributed by atoms with van der Waals surface area (Å²) in [6, 6.07) is -0.625. The van der Waals surface area contributed by atoms with Crippen molar-refractivity contribution in [2.24, 2.45) is 0 Å². The molecule has 2 aliphatic rings. The number of anilines is 2. The van der Waals surface area contributed by atoms with Crippen LogP contribution in [-0.2, 0) is 9.53 Å². The van der Waals surface area contributed by atoms with E-state index in [9.17, 15) is 9.18 Å². The van der Waals surface area contributed by atoms with Crippen molar-refractivity contribution in [2.75, 3.05) is 43.5 Å². The summed E-state index contributed by atoms with van der Waals surface area (Å²) in [6.07, 6.45) is 0.275. The molecular weight excluding hydrogens is 313 g/mol. The fourth-order valence-corrected chi connectivity index (χ4v) is 3.03. The fraction of sp³-hybridized carbons (Fsp3) is 0.615. The standard InChI is InChI=1S/C13H17ClFN5O2/c14-10-11(16)17-7-18-12(10)20-6-8(15)5-9(20)13(21)19-1-3-22-4-2-19/h7-9H,1-6H2,(H2,16,17,18)/t8-,9+/m1/s1. The van der Waals surface area contributed by atoms with Crippen molar-refractivity contribution in [2.45, 2.75) is 18.6 Å². The van der Waals surface area contributed by atoms with Crippen molar-refractivity contribution in [1.82, 2.24) is 14.9 Å². The van der Waals surface area contributed by atoms with E-state index in [-0.39, 0.29) is 29.7 Å². The topological polar surface area (TPSA) is 84.6 Å². The number of ether oxygens (including phenoxy) is 1. The van der Waals surface area contributed by atoms with Crippen LogP contribution in [0.25, 0.3) is 0 Å². The van der Waals surface area contributed by atoms with Gasteiger partial charge in [-0.05, 0) is 0 Å². The van der Waals surface area contributed by atoms with Gasteiger partial charge in [-0.25, -0.2) is 14.4 Å². The molecule has 120 valence electrons. The smallest absolute Gasteiger partial charge is 0.245 e. The van der Waals surface area contributed by atoms with Crippen molar-refractivity contribution in [3.8, 4) is 0 Å². The second-order valence-electron chi connectivity index (χ2n) is 5.34. The van der Waals surface area contributed by atoms with E-state index in [4.69, 9.17) is 22.1 Å². The van der Waals surface area contributed by atoms with Crippen LogP contribution in [0, 0.1) is 0 Å². The van der Waals surface area contributed by atoms with Crippen LogP contribution in [0.15, 0.2) is 6.33 Å². The lowest BCUT2D eigenvalue weighted by Crippen LogP contribution is -2.50. The molecule has 0 saturated carbocycles. The van der Waals surface area contributed by atoms with Crippen LogP contribution in [-0.4, -0.2) is 65.8 Å². The van der Waals surface area contributed by atoms with Gasteiger partial charge in [0, 0.05) is 19.5 Å². The van der Waals surface area contributed by atoms with E-state index in [1.54, 1.807) is 9.80 Å². The molecule has 3 heterocycles. The number of morpholine rings is 1. The highest BCUT2D eigenvalue weighted by atomic mass is 35.5. The van der Waals surface area contributed by atoms with Crippen LogP contribution < -0.4 is 10.6 Å². The minimum atomic E-state index is -1.11. The summed E-state index contributed by atoms with van der Waals surface area (Å²) in [5, 5.41) is 0.149. The van der Waals surface area contributed by atoms with E-state index in [1.165, 1.54) is 6.33 Å². The Morgan fingerprint density at radius 2 is 2.14 bits per heavy atom. The van der Waals surface area contributed by atoms with E-state index >= 15 is 0 Å². The van der Waals surface area contributed by atoms with Gasteiger partial charge >= 0.3 is 0 Å². The van der Waals surface area contributed by atoms with Crippen molar-refractivity contribution in [1.29, 1.82) is 0 Å². The Labute approximate surface area is 132 Å². The van der Waals surface area contributed by atoms with Crippen molar-refractivity contribution >= 4 is 29.1 Å². The molecule has 0 spiro atoms. The summed E-state index contributed by atoms with van der Waals surface area (Å²) in [5.41, 5.74) is 5.67.